The molecule has 2 N–H and O–H groups in total. The van der Waals surface area contributed by atoms with Crippen molar-refractivity contribution in [1.82, 2.24) is 30.4 Å². The van der Waals surface area contributed by atoms with Crippen molar-refractivity contribution >= 4 is 17.5 Å². The largest absolute Gasteiger partial charge is 0.354 e. The normalized spacial score (nSPS) is 14.5. The van der Waals surface area contributed by atoms with E-state index in [0.717, 1.165) is 30.0 Å². The summed E-state index contributed by atoms with van der Waals surface area (Å²) in [5.74, 6) is 2.00. The highest BCUT2D eigenvalue weighted by molar-refractivity contribution is 5.93. The highest BCUT2D eigenvalue weighted by atomic mass is 16.1. The summed E-state index contributed by atoms with van der Waals surface area (Å²) in [7, 11) is 1.59. The van der Waals surface area contributed by atoms with E-state index in [1.54, 1.807) is 7.05 Å². The molecule has 0 radical (unpaired) electrons. The Kier molecular flexibility index (Phi) is 6.51. The number of likely N-dealkylation sites (tertiary alicyclic amines) is 1. The van der Waals surface area contributed by atoms with Crippen LogP contribution < -0.4 is 10.6 Å². The molecule has 1 saturated heterocycles. The summed E-state index contributed by atoms with van der Waals surface area (Å²) in [5.41, 5.74) is 2.11. The number of carbonyl (C=O) groups is 1. The number of aromatic nitrogens is 4. The molecule has 28 heavy (non-hydrogen) atoms. The van der Waals surface area contributed by atoms with E-state index in [2.05, 4.69) is 35.7 Å². The van der Waals surface area contributed by atoms with Gasteiger partial charge in [0.05, 0.1) is 0 Å². The molecule has 8 nitrogen and oxygen atoms in total. The average Bonchev–Trinajstić information content (AvgIpc) is 3.19. The average molecular weight is 384 g/mol. The van der Waals surface area contributed by atoms with Gasteiger partial charge in [-0.3, -0.25) is 4.79 Å². The monoisotopic (exact) mass is 383 g/mol. The van der Waals surface area contributed by atoms with E-state index >= 15 is 0 Å². The molecule has 150 valence electrons. The molecule has 8 heteroatoms. The van der Waals surface area contributed by atoms with Crippen molar-refractivity contribution in [1.29, 1.82) is 0 Å². The second-order valence-electron chi connectivity index (χ2n) is 7.50. The second-order valence-corrected chi connectivity index (χ2v) is 7.50. The molecule has 0 bridgehead atoms. The minimum atomic E-state index is -0.232. The predicted molar refractivity (Wildman–Crippen MR) is 109 cm³/mol. The molecule has 2 aromatic heterocycles. The Balaban J connectivity index is 1.77. The van der Waals surface area contributed by atoms with Crippen molar-refractivity contribution in [2.45, 2.75) is 46.0 Å². The van der Waals surface area contributed by atoms with E-state index < -0.39 is 0 Å². The first-order chi connectivity index (χ1) is 13.5. The smallest absolute Gasteiger partial charge is 0.271 e. The Labute approximate surface area is 166 Å². The molecule has 1 aliphatic rings. The van der Waals surface area contributed by atoms with Gasteiger partial charge < -0.3 is 15.5 Å². The van der Waals surface area contributed by atoms with Gasteiger partial charge in [-0.15, -0.1) is 10.2 Å². The molecule has 0 aromatic carbocycles. The van der Waals surface area contributed by atoms with Gasteiger partial charge in [0.1, 0.15) is 11.6 Å². The lowest BCUT2D eigenvalue weighted by Crippen LogP contribution is -2.23. The van der Waals surface area contributed by atoms with Crippen LogP contribution in [0.2, 0.25) is 0 Å². The number of nitrogens with one attached hydrogen (secondary N) is 2. The molecule has 0 aliphatic carbocycles. The van der Waals surface area contributed by atoms with Crippen LogP contribution in [0.3, 0.4) is 0 Å². The fraction of sp³-hybridized carbons (Fsp3) is 0.550. The van der Waals surface area contributed by atoms with Crippen LogP contribution in [0, 0.1) is 6.92 Å². The van der Waals surface area contributed by atoms with Crippen molar-refractivity contribution in [3.63, 3.8) is 0 Å². The minimum Gasteiger partial charge on any atom is -0.354 e. The number of carbonyl (C=O) groups excluding carboxylic acids is 1. The maximum atomic E-state index is 12.0. The summed E-state index contributed by atoms with van der Waals surface area (Å²) in [4.78, 5) is 23.7. The second kappa shape index (κ2) is 9.05. The van der Waals surface area contributed by atoms with Crippen LogP contribution in [0.4, 0.5) is 11.6 Å². The van der Waals surface area contributed by atoms with E-state index in [4.69, 9.17) is 0 Å². The van der Waals surface area contributed by atoms with Crippen molar-refractivity contribution in [3.8, 4) is 0 Å². The number of anilines is 2. The number of aryl methyl sites for hydroxylation is 1. The number of nitrogens with zero attached hydrogens (tertiary/aromatic N) is 5. The van der Waals surface area contributed by atoms with E-state index in [-0.39, 0.29) is 11.8 Å². The number of hydrogen-bond donors (Lipinski definition) is 2. The predicted octanol–water partition coefficient (Wildman–Crippen LogP) is 2.44. The molecule has 0 atom stereocenters. The highest BCUT2D eigenvalue weighted by Gasteiger charge is 2.17. The number of hydrogen-bond acceptors (Lipinski definition) is 7. The summed E-state index contributed by atoms with van der Waals surface area (Å²) in [6.07, 6.45) is 3.39. The van der Waals surface area contributed by atoms with Crippen molar-refractivity contribution < 1.29 is 4.79 Å². The zero-order valence-corrected chi connectivity index (χ0v) is 17.1. The summed E-state index contributed by atoms with van der Waals surface area (Å²) in [5, 5.41) is 14.1. The molecule has 2 aromatic rings. The lowest BCUT2D eigenvalue weighted by atomic mass is 10.0. The van der Waals surface area contributed by atoms with Crippen LogP contribution in [0.25, 0.3) is 0 Å². The third kappa shape index (κ3) is 5.01. The highest BCUT2D eigenvalue weighted by Crippen LogP contribution is 2.22. The Morgan fingerprint density at radius 2 is 1.89 bits per heavy atom. The minimum absolute atomic E-state index is 0.145. The van der Waals surface area contributed by atoms with E-state index in [1.165, 1.54) is 25.9 Å². The van der Waals surface area contributed by atoms with E-state index in [1.807, 2.05) is 32.9 Å². The van der Waals surface area contributed by atoms with Gasteiger partial charge in [-0.1, -0.05) is 13.8 Å². The van der Waals surface area contributed by atoms with Crippen LogP contribution in [0.5, 0.6) is 0 Å². The third-order valence-electron chi connectivity index (χ3n) is 4.89. The molecule has 1 fully saturated rings. The number of rotatable bonds is 7. The Hall–Kier alpha value is -2.61. The Morgan fingerprint density at radius 3 is 2.57 bits per heavy atom. The lowest BCUT2D eigenvalue weighted by molar-refractivity contribution is 0.0955. The van der Waals surface area contributed by atoms with Gasteiger partial charge >= 0.3 is 0 Å². The topological polar surface area (TPSA) is 95.9 Å². The van der Waals surface area contributed by atoms with Crippen LogP contribution in [-0.2, 0) is 6.42 Å². The summed E-state index contributed by atoms with van der Waals surface area (Å²) >= 11 is 0. The van der Waals surface area contributed by atoms with Crippen LogP contribution in [0.15, 0.2) is 12.1 Å². The molecule has 1 aliphatic heterocycles. The first-order valence-corrected chi connectivity index (χ1v) is 9.90. The van der Waals surface area contributed by atoms with Gasteiger partial charge in [-0.2, -0.15) is 0 Å². The van der Waals surface area contributed by atoms with Crippen LogP contribution in [0.1, 0.15) is 60.2 Å². The summed E-state index contributed by atoms with van der Waals surface area (Å²) < 4.78 is 0. The van der Waals surface area contributed by atoms with Gasteiger partial charge in [0.2, 0.25) is 0 Å². The Morgan fingerprint density at radius 1 is 1.14 bits per heavy atom. The lowest BCUT2D eigenvalue weighted by Gasteiger charge is -2.15. The molecule has 1 amide bonds. The third-order valence-corrected chi connectivity index (χ3v) is 4.89. The SMILES string of the molecule is CNC(=O)c1nnc(Nc2cc(C)nc(CCN3CCCC3)n2)cc1C(C)C. The Bertz CT molecular complexity index is 831. The quantitative estimate of drug-likeness (QED) is 0.758. The zero-order valence-electron chi connectivity index (χ0n) is 17.1. The standard InChI is InChI=1S/C20H29N7O/c1-13(2)15-12-18(25-26-19(15)20(28)21-4)24-17-11-14(3)22-16(23-17)7-10-27-8-5-6-9-27/h11-13H,5-10H2,1-4H3,(H,21,28)(H,22,23,24,25). The molecular weight excluding hydrogens is 354 g/mol. The summed E-state index contributed by atoms with van der Waals surface area (Å²) in [6.45, 7) is 9.34. The maximum absolute atomic E-state index is 12.0. The van der Waals surface area contributed by atoms with Crippen molar-refractivity contribution in [2.24, 2.45) is 0 Å². The molecular formula is C20H29N7O. The molecule has 3 heterocycles. The fourth-order valence-electron chi connectivity index (χ4n) is 3.40. The van der Waals surface area contributed by atoms with Crippen molar-refractivity contribution in [3.05, 3.63) is 34.9 Å². The fourth-order valence-corrected chi connectivity index (χ4v) is 3.40. The first-order valence-electron chi connectivity index (χ1n) is 9.90. The molecule has 0 spiro atoms. The van der Waals surface area contributed by atoms with Gasteiger partial charge in [0, 0.05) is 31.8 Å². The van der Waals surface area contributed by atoms with Crippen LogP contribution >= 0.6 is 0 Å². The first kappa shape index (κ1) is 20.1. The molecule has 0 saturated carbocycles. The maximum Gasteiger partial charge on any atom is 0.271 e. The summed E-state index contributed by atoms with van der Waals surface area (Å²) in [6, 6.07) is 3.76. The van der Waals surface area contributed by atoms with E-state index in [0.29, 0.717) is 17.3 Å². The van der Waals surface area contributed by atoms with E-state index in [9.17, 15) is 4.79 Å². The van der Waals surface area contributed by atoms with Gasteiger partial charge in [0.15, 0.2) is 11.5 Å². The molecule has 0 unspecified atom stereocenters. The van der Waals surface area contributed by atoms with Gasteiger partial charge in [-0.05, 0) is 50.4 Å². The zero-order chi connectivity index (χ0) is 20.1. The van der Waals surface area contributed by atoms with Gasteiger partial charge in [-0.25, -0.2) is 9.97 Å². The van der Waals surface area contributed by atoms with Crippen LogP contribution in [-0.4, -0.2) is 57.7 Å². The van der Waals surface area contributed by atoms with Gasteiger partial charge in [0.25, 0.3) is 5.91 Å². The number of amides is 1. The van der Waals surface area contributed by atoms with Crippen molar-refractivity contribution in [2.75, 3.05) is 32.0 Å². The molecule has 3 rings (SSSR count).